The third kappa shape index (κ3) is 53.1. The summed E-state index contributed by atoms with van der Waals surface area (Å²) in [6.45, 7) is 91.6. The predicted octanol–water partition coefficient (Wildman–Crippen LogP) is 21.0. The maximum atomic E-state index is 13.8. The van der Waals surface area contributed by atoms with Gasteiger partial charge >= 0.3 is 130 Å². The van der Waals surface area contributed by atoms with Crippen molar-refractivity contribution in [3.8, 4) is 0 Å². The maximum Gasteiger partial charge on any atom is 0.469 e. The third-order valence-corrected chi connectivity index (χ3v) is 91.6. The number of nitrogens with one attached hydrogen (secondary N) is 6. The van der Waals surface area contributed by atoms with Crippen LogP contribution in [0, 0.1) is 0 Å². The zero-order valence-corrected chi connectivity index (χ0v) is 101. The van der Waals surface area contributed by atoms with E-state index in [2.05, 4.69) is 255 Å². The van der Waals surface area contributed by atoms with Gasteiger partial charge in [-0.3, -0.25) is 0 Å². The van der Waals surface area contributed by atoms with E-state index >= 15 is 0 Å². The van der Waals surface area contributed by atoms with Crippen molar-refractivity contribution in [1.29, 1.82) is 0 Å². The first-order valence-electron chi connectivity index (χ1n) is 41.2. The van der Waals surface area contributed by atoms with Crippen LogP contribution in [0.5, 0.6) is 0 Å². The Morgan fingerprint density at radius 3 is 0.711 bits per heavy atom. The summed E-state index contributed by atoms with van der Waals surface area (Å²) in [4.78, 5) is 41.3. The van der Waals surface area contributed by atoms with Crippen LogP contribution in [-0.2, 0) is 74.4 Å². The molecule has 6 N–H and O–H groups in total. The molecule has 0 fully saturated rings. The van der Waals surface area contributed by atoms with Gasteiger partial charge in [-0.05, 0) is 330 Å². The second-order valence-corrected chi connectivity index (χ2v) is 122. The van der Waals surface area contributed by atoms with E-state index in [-0.39, 0.29) is 0 Å². The van der Waals surface area contributed by atoms with Crippen LogP contribution in [0.1, 0.15) is 46.0 Å². The molecule has 0 atom stereocenters. The largest absolute Gasteiger partial charge is 0.469 e. The lowest BCUT2D eigenvalue weighted by Gasteiger charge is -2.45. The van der Waals surface area contributed by atoms with Gasteiger partial charge in [0, 0.05) is 48.4 Å². The summed E-state index contributed by atoms with van der Waals surface area (Å²) in [6, 6.07) is 7.02. The van der Waals surface area contributed by atoms with Gasteiger partial charge in [-0.15, -0.1) is 0 Å². The molecule has 1 aromatic carbocycles. The second kappa shape index (κ2) is 43.7. The minimum Gasteiger partial charge on any atom is -0.436 e. The molecular weight excluding hydrogens is 1800 g/mol. The molecule has 670 valence electrons. The van der Waals surface area contributed by atoms with Crippen molar-refractivity contribution in [3.63, 3.8) is 0 Å². The quantitative estimate of drug-likeness (QED) is 0.0261. The van der Waals surface area contributed by atoms with E-state index in [0.29, 0.717) is 79.8 Å². The fraction of sp³-hybridized carbons (Fsp3) is 0.864. The summed E-state index contributed by atoms with van der Waals surface area (Å²) >= 11 is 0. The van der Waals surface area contributed by atoms with Crippen LogP contribution in [0.25, 0.3) is 0 Å². The maximum absolute atomic E-state index is 13.8. The molecule has 0 unspecified atom stereocenters. The Labute approximate surface area is 716 Å². The topological polar surface area (TPSA) is 297 Å². The Balaban J connectivity index is 3.25. The molecule has 0 bridgehead atoms. The number of urea groups is 3. The molecule has 0 aliphatic carbocycles. The highest BCUT2D eigenvalue weighted by Gasteiger charge is 2.54. The minimum absolute atomic E-state index is 0.304. The van der Waals surface area contributed by atoms with Gasteiger partial charge in [-0.25, -0.2) is 14.4 Å². The lowest BCUT2D eigenvalue weighted by atomic mass is 10.2. The van der Waals surface area contributed by atoms with Crippen molar-refractivity contribution in [2.24, 2.45) is 0 Å². The monoisotopic (exact) mass is 1970 g/mol. The molecule has 0 aliphatic rings. The molecule has 0 spiro atoms. The van der Waals surface area contributed by atoms with Crippen molar-refractivity contribution < 1.29 is 88.8 Å². The van der Waals surface area contributed by atoms with Crippen molar-refractivity contribution in [2.45, 2.75) is 350 Å². The van der Waals surface area contributed by atoms with Crippen LogP contribution in [0.3, 0.4) is 0 Å². The first kappa shape index (κ1) is 113. The molecule has 0 saturated carbocycles. The predicted molar refractivity (Wildman–Crippen MR) is 521 cm³/mol. The van der Waals surface area contributed by atoms with Crippen LogP contribution >= 0.6 is 0 Å². The molecule has 48 heteroatoms. The number of amides is 6. The zero-order valence-electron chi connectivity index (χ0n) is 79.7. The summed E-state index contributed by atoms with van der Waals surface area (Å²) in [5.74, 6) is 0. The number of unbranched alkanes of at least 4 members (excludes halogenated alkanes) is 1. The number of carbonyl (C=O) groups is 3. The Morgan fingerprint density at radius 2 is 0.491 bits per heavy atom. The van der Waals surface area contributed by atoms with E-state index in [1.165, 1.54) is 0 Å². The third-order valence-electron chi connectivity index (χ3n) is 15.2. The lowest BCUT2D eigenvalue weighted by molar-refractivity contribution is 0.245. The molecular formula is C66H166N6O21Si21. The van der Waals surface area contributed by atoms with E-state index < -0.39 is 197 Å². The molecule has 0 heterocycles. The summed E-state index contributed by atoms with van der Waals surface area (Å²) in [6.07, 6.45) is 4.06. The van der Waals surface area contributed by atoms with Crippen LogP contribution < -0.4 is 31.9 Å². The summed E-state index contributed by atoms with van der Waals surface area (Å²) in [5.41, 5.74) is 1.44. The zero-order chi connectivity index (χ0) is 89.3. The molecule has 27 nitrogen and oxygen atoms in total. The highest BCUT2D eigenvalue weighted by Crippen LogP contribution is 2.37. The van der Waals surface area contributed by atoms with E-state index in [1.54, 1.807) is 18.2 Å². The van der Waals surface area contributed by atoms with Gasteiger partial charge in [0.25, 0.3) is 8.68 Å². The number of benzene rings is 1. The van der Waals surface area contributed by atoms with Gasteiger partial charge in [0.2, 0.25) is 0 Å². The smallest absolute Gasteiger partial charge is 0.436 e. The normalized spacial score (nSPS) is 14.6. The average Bonchev–Trinajstić information content (AvgIpc) is 0.810. The number of carbonyl (C=O) groups excluding carboxylic acids is 3. The van der Waals surface area contributed by atoms with Gasteiger partial charge in [-0.2, -0.15) is 0 Å². The van der Waals surface area contributed by atoms with Crippen LogP contribution in [0.2, 0.25) is 304 Å². The van der Waals surface area contributed by atoms with Crippen molar-refractivity contribution in [1.82, 2.24) is 16.0 Å². The molecule has 0 aliphatic heterocycles. The number of rotatable bonds is 55. The van der Waals surface area contributed by atoms with Gasteiger partial charge in [-0.1, -0.05) is 26.7 Å². The first-order valence-corrected chi connectivity index (χ1v) is 101. The first-order chi connectivity index (χ1) is 50.5. The molecule has 1 aromatic rings. The Hall–Kier alpha value is 0.705. The summed E-state index contributed by atoms with van der Waals surface area (Å²) < 4.78 is 131. The lowest BCUT2D eigenvalue weighted by Crippen LogP contribution is -2.63. The number of hydrogen-bond acceptors (Lipinski definition) is 21. The molecule has 6 amide bonds. The highest BCUT2D eigenvalue weighted by atomic mass is 28.5. The fourth-order valence-electron chi connectivity index (χ4n) is 14.8. The van der Waals surface area contributed by atoms with Gasteiger partial charge < -0.3 is 106 Å². The Morgan fingerprint density at radius 1 is 0.281 bits per heavy atom. The highest BCUT2D eigenvalue weighted by molar-refractivity contribution is 6.96. The van der Waals surface area contributed by atoms with Crippen molar-refractivity contribution in [3.05, 3.63) is 18.2 Å². The van der Waals surface area contributed by atoms with E-state index in [0.717, 1.165) is 24.9 Å². The van der Waals surface area contributed by atoms with E-state index in [1.807, 2.05) is 59.3 Å². The van der Waals surface area contributed by atoms with Gasteiger partial charge in [0.05, 0.1) is 0 Å². The molecule has 1 rings (SSSR count). The fourth-order valence-corrected chi connectivity index (χ4v) is 113. The Bertz CT molecular complexity index is 3150. The molecule has 0 saturated heterocycles. The Kier molecular flexibility index (Phi) is 43.3. The SMILES string of the molecule is CCCC[Si](C)(C)O[Si](C)(C)O[Si](C)(C)O[Si](C)(C)O[Si](C)(C)O[Si](C)(C)O[Si](C)(C)O[Si](C)(C)O[Si](C)(C)O[Si](C)(C)O[Si](C)(C)O[Si](C)(C)O[Si](C)(C)CCCNC(=O)Nc1cc(NC(=O)NCCC[Si](C[Si](=O)CC)(O[Si](C)(C)C)O[Si](C)(C)C)cc(NC(=O)NCCC[Si](O[Si](C)(C)C)(O[Si](C)(C)C)O[Si](C)(C)C)c1. The summed E-state index contributed by atoms with van der Waals surface area (Å²) in [5, 5.41) is 17.8. The van der Waals surface area contributed by atoms with Crippen LogP contribution in [-0.4, -0.2) is 216 Å². The molecule has 0 radical (unpaired) electrons. The standard InChI is InChI=1S/C66H166N6O21Si21/c1-44-46-53-100(18,19)82-102(22,23)84-104(26,27)86-106(30,31)88-108(34,35)90-110(38,39)92-112(42,43)93-111(40,41)91-109(36,37)89-107(32,33)87-105(28,29)85-103(24,25)83-101(20,21)54-47-50-67-64(73)70-61-57-62(71-65(74)68-51-48-55-113(60-94(76)45-2,77-95(3,4)5)78-96(6,7)8)59-63(58-61)72-66(75)69-52-49-56-114(79-97(9,10)11,80-98(12,13)14)81-99(15,16)17/h57-59H,44-56,60H2,1-43H3,(H2,67,70,73)(H2,68,71,74)(H2,69,72,75). The molecule has 0 aromatic heterocycles. The minimum atomic E-state index is -3.15. The van der Waals surface area contributed by atoms with Crippen molar-refractivity contribution in [2.75, 3.05) is 35.6 Å². The van der Waals surface area contributed by atoms with E-state index in [9.17, 15) is 18.8 Å². The van der Waals surface area contributed by atoms with Crippen LogP contribution in [0.4, 0.5) is 31.4 Å². The number of anilines is 3. The van der Waals surface area contributed by atoms with Crippen molar-refractivity contribution >= 4 is 214 Å². The van der Waals surface area contributed by atoms with Gasteiger partial charge in [0.15, 0.2) is 58.2 Å². The average molecular weight is 1970 g/mol. The summed E-state index contributed by atoms with van der Waals surface area (Å²) in [7, 11) is -53.7. The number of hydrogen-bond donors (Lipinski definition) is 6. The second-order valence-electron chi connectivity index (χ2n) is 41.2. The van der Waals surface area contributed by atoms with Crippen LogP contribution in [0.15, 0.2) is 18.2 Å². The van der Waals surface area contributed by atoms with Gasteiger partial charge in [0.1, 0.15) is 0 Å². The molecule has 114 heavy (non-hydrogen) atoms. The van der Waals surface area contributed by atoms with E-state index in [4.69, 9.17) is 70.0 Å².